The Hall–Kier alpha value is -3.28. The first-order valence-electron chi connectivity index (χ1n) is 9.49. The topological polar surface area (TPSA) is 75.2 Å². The van der Waals surface area contributed by atoms with Gasteiger partial charge in [0.15, 0.2) is 0 Å². The zero-order valence-electron chi connectivity index (χ0n) is 15.6. The van der Waals surface area contributed by atoms with Gasteiger partial charge in [-0.15, -0.1) is 0 Å². The third-order valence-electron chi connectivity index (χ3n) is 5.83. The van der Waals surface area contributed by atoms with Gasteiger partial charge in [0.2, 0.25) is 0 Å². The smallest absolute Gasteiger partial charge is 0.323 e. The Balaban J connectivity index is 1.45. The molecule has 2 heterocycles. The van der Waals surface area contributed by atoms with E-state index in [0.29, 0.717) is 18.5 Å². The van der Waals surface area contributed by atoms with Crippen molar-refractivity contribution in [1.82, 2.24) is 20.2 Å². The number of nitrogens with one attached hydrogen (secondary N) is 1. The second-order valence-electron chi connectivity index (χ2n) is 7.59. The van der Waals surface area contributed by atoms with Gasteiger partial charge < -0.3 is 5.32 Å². The molecule has 28 heavy (non-hydrogen) atoms. The zero-order valence-corrected chi connectivity index (χ0v) is 15.6. The lowest BCUT2D eigenvalue weighted by Crippen LogP contribution is -2.51. The fraction of sp³-hybridized carbons (Fsp3) is 0.273. The van der Waals surface area contributed by atoms with Crippen LogP contribution >= 0.6 is 0 Å². The van der Waals surface area contributed by atoms with Crippen molar-refractivity contribution >= 4 is 23.0 Å². The molecule has 1 spiro atoms. The van der Waals surface area contributed by atoms with Crippen molar-refractivity contribution < 1.29 is 9.59 Å². The molecule has 1 aliphatic carbocycles. The Morgan fingerprint density at radius 2 is 1.68 bits per heavy atom. The molecule has 0 radical (unpaired) electrons. The number of para-hydroxylation sites is 2. The summed E-state index contributed by atoms with van der Waals surface area (Å²) in [5, 5.41) is 2.98. The van der Waals surface area contributed by atoms with Gasteiger partial charge >= 0.3 is 6.03 Å². The number of rotatable bonds is 2. The molecule has 3 amide bonds. The van der Waals surface area contributed by atoms with Gasteiger partial charge in [0, 0.05) is 6.42 Å². The Labute approximate surface area is 162 Å². The Kier molecular flexibility index (Phi) is 3.69. The van der Waals surface area contributed by atoms with Gasteiger partial charge in [-0.25, -0.2) is 14.8 Å². The molecule has 2 aliphatic rings. The maximum atomic E-state index is 13.3. The molecule has 6 heteroatoms. The molecular weight excluding hydrogens is 352 g/mol. The molecular formula is C22H20N4O2. The first kappa shape index (κ1) is 16.9. The number of amides is 3. The van der Waals surface area contributed by atoms with E-state index in [1.165, 1.54) is 10.5 Å². The predicted molar refractivity (Wildman–Crippen MR) is 105 cm³/mol. The average Bonchev–Trinajstić information content (AvgIpc) is 2.92. The number of aromatic nitrogens is 2. The van der Waals surface area contributed by atoms with Crippen molar-refractivity contribution in [2.24, 2.45) is 0 Å². The van der Waals surface area contributed by atoms with E-state index in [2.05, 4.69) is 21.4 Å². The van der Waals surface area contributed by atoms with Crippen molar-refractivity contribution in [1.29, 1.82) is 0 Å². The van der Waals surface area contributed by atoms with E-state index < -0.39 is 5.54 Å². The van der Waals surface area contributed by atoms with Gasteiger partial charge in [-0.1, -0.05) is 36.4 Å². The molecule has 3 aromatic rings. The second-order valence-corrected chi connectivity index (χ2v) is 7.59. The lowest BCUT2D eigenvalue weighted by atomic mass is 9.78. The first-order valence-corrected chi connectivity index (χ1v) is 9.49. The van der Waals surface area contributed by atoms with Crippen LogP contribution in [-0.2, 0) is 24.2 Å². The Morgan fingerprint density at radius 3 is 2.46 bits per heavy atom. The lowest BCUT2D eigenvalue weighted by molar-refractivity contribution is -0.132. The van der Waals surface area contributed by atoms with Gasteiger partial charge in [-0.2, -0.15) is 0 Å². The number of carbonyl (C=O) groups excluding carboxylic acids is 2. The van der Waals surface area contributed by atoms with E-state index in [9.17, 15) is 9.59 Å². The molecule has 1 atom stereocenters. The minimum Gasteiger partial charge on any atom is -0.323 e. The highest BCUT2D eigenvalue weighted by molar-refractivity contribution is 6.07. The highest BCUT2D eigenvalue weighted by Gasteiger charge is 2.52. The van der Waals surface area contributed by atoms with Gasteiger partial charge in [0.1, 0.15) is 5.54 Å². The summed E-state index contributed by atoms with van der Waals surface area (Å²) in [6.07, 6.45) is 1.94. The number of fused-ring (bicyclic) bond motifs is 2. The van der Waals surface area contributed by atoms with Crippen LogP contribution in [0.1, 0.15) is 28.9 Å². The van der Waals surface area contributed by atoms with Crippen LogP contribution in [0, 0.1) is 6.92 Å². The van der Waals surface area contributed by atoms with Crippen molar-refractivity contribution in [3.05, 3.63) is 71.0 Å². The van der Waals surface area contributed by atoms with Crippen LogP contribution in [0.2, 0.25) is 0 Å². The minimum absolute atomic E-state index is 0.137. The minimum atomic E-state index is -0.844. The van der Waals surface area contributed by atoms with Gasteiger partial charge in [0.05, 0.1) is 29.0 Å². The number of imide groups is 1. The van der Waals surface area contributed by atoms with Crippen LogP contribution in [-0.4, -0.2) is 32.3 Å². The number of hydrogen-bond donors (Lipinski definition) is 1. The molecule has 6 nitrogen and oxygen atoms in total. The summed E-state index contributed by atoms with van der Waals surface area (Å²) in [6, 6.07) is 15.4. The van der Waals surface area contributed by atoms with Crippen molar-refractivity contribution in [2.75, 3.05) is 0 Å². The van der Waals surface area contributed by atoms with Gasteiger partial charge in [-0.05, 0) is 43.0 Å². The van der Waals surface area contributed by atoms with Crippen LogP contribution in [0.3, 0.4) is 0 Å². The summed E-state index contributed by atoms with van der Waals surface area (Å²) in [5.74, 6) is -0.165. The number of urea groups is 1. The van der Waals surface area contributed by atoms with E-state index >= 15 is 0 Å². The fourth-order valence-corrected chi connectivity index (χ4v) is 4.27. The molecule has 1 aromatic heterocycles. The van der Waals surface area contributed by atoms with Crippen LogP contribution in [0.5, 0.6) is 0 Å². The monoisotopic (exact) mass is 372 g/mol. The molecule has 1 N–H and O–H groups in total. The summed E-state index contributed by atoms with van der Waals surface area (Å²) in [6.45, 7) is 2.00. The molecule has 5 rings (SSSR count). The highest BCUT2D eigenvalue weighted by atomic mass is 16.2. The molecule has 140 valence electrons. The second kappa shape index (κ2) is 6.12. The van der Waals surface area contributed by atoms with E-state index in [-0.39, 0.29) is 18.5 Å². The molecule has 1 fully saturated rings. The van der Waals surface area contributed by atoms with Crippen molar-refractivity contribution in [2.45, 2.75) is 38.3 Å². The van der Waals surface area contributed by atoms with Gasteiger partial charge in [0.25, 0.3) is 5.91 Å². The molecule has 2 aromatic carbocycles. The predicted octanol–water partition coefficient (Wildman–Crippen LogP) is 2.92. The molecule has 1 saturated heterocycles. The molecule has 1 aliphatic heterocycles. The zero-order chi connectivity index (χ0) is 19.3. The van der Waals surface area contributed by atoms with Crippen LogP contribution in [0.25, 0.3) is 11.0 Å². The Morgan fingerprint density at radius 1 is 1.00 bits per heavy atom. The normalized spacial score (nSPS) is 21.2. The standard InChI is InChI=1S/C22H20N4O2/c1-14-19(24-18-9-5-4-8-17(18)23-14)13-26-20(27)22(25-21(26)28)11-10-15-6-2-3-7-16(15)12-22/h2-9H,10-13H2,1H3,(H,25,28). The number of hydrogen-bond acceptors (Lipinski definition) is 4. The summed E-state index contributed by atoms with van der Waals surface area (Å²) in [5.41, 5.74) is 4.49. The summed E-state index contributed by atoms with van der Waals surface area (Å²) >= 11 is 0. The first-order chi connectivity index (χ1) is 13.6. The van der Waals surface area contributed by atoms with Gasteiger partial charge in [-0.3, -0.25) is 9.69 Å². The highest BCUT2D eigenvalue weighted by Crippen LogP contribution is 2.34. The van der Waals surface area contributed by atoms with E-state index in [0.717, 1.165) is 28.7 Å². The average molecular weight is 372 g/mol. The lowest BCUT2D eigenvalue weighted by Gasteiger charge is -2.32. The third-order valence-corrected chi connectivity index (χ3v) is 5.83. The van der Waals surface area contributed by atoms with Crippen molar-refractivity contribution in [3.8, 4) is 0 Å². The van der Waals surface area contributed by atoms with E-state index in [4.69, 9.17) is 0 Å². The number of carbonyl (C=O) groups is 2. The number of aryl methyl sites for hydroxylation is 2. The number of benzene rings is 2. The third kappa shape index (κ3) is 2.56. The summed E-state index contributed by atoms with van der Waals surface area (Å²) < 4.78 is 0. The number of nitrogens with zero attached hydrogens (tertiary/aromatic N) is 3. The van der Waals surface area contributed by atoms with Crippen molar-refractivity contribution in [3.63, 3.8) is 0 Å². The van der Waals surface area contributed by atoms with Crippen LogP contribution in [0.15, 0.2) is 48.5 Å². The summed E-state index contributed by atoms with van der Waals surface area (Å²) in [7, 11) is 0. The van der Waals surface area contributed by atoms with E-state index in [1.54, 1.807) is 0 Å². The summed E-state index contributed by atoms with van der Waals surface area (Å²) in [4.78, 5) is 36.5. The maximum Gasteiger partial charge on any atom is 0.325 e. The van der Waals surface area contributed by atoms with Crippen LogP contribution < -0.4 is 5.32 Å². The maximum absolute atomic E-state index is 13.3. The molecule has 1 unspecified atom stereocenters. The van der Waals surface area contributed by atoms with E-state index in [1.807, 2.05) is 49.4 Å². The van der Waals surface area contributed by atoms with Crippen LogP contribution in [0.4, 0.5) is 4.79 Å². The Bertz CT molecular complexity index is 1130. The fourth-order valence-electron chi connectivity index (χ4n) is 4.27. The molecule has 0 saturated carbocycles. The quantitative estimate of drug-likeness (QED) is 0.702. The molecule has 0 bridgehead atoms. The largest absolute Gasteiger partial charge is 0.325 e. The SMILES string of the molecule is Cc1nc2ccccc2nc1CN1C(=O)NC2(CCc3ccccc3C2)C1=O.